The van der Waals surface area contributed by atoms with Gasteiger partial charge in [-0.15, -0.1) is 15.6 Å². The second kappa shape index (κ2) is 7.65. The van der Waals surface area contributed by atoms with Crippen LogP contribution in [0, 0.1) is 6.92 Å². The Morgan fingerprint density at radius 3 is 2.43 bits per heavy atom. The van der Waals surface area contributed by atoms with Gasteiger partial charge in [-0.25, -0.2) is 0 Å². The average Bonchev–Trinajstić information content (AvgIpc) is 3.08. The number of piperazine rings is 1. The van der Waals surface area contributed by atoms with E-state index in [0.29, 0.717) is 0 Å². The molecule has 7 heteroatoms. The minimum Gasteiger partial charge on any atom is -0.352 e. The van der Waals surface area contributed by atoms with Gasteiger partial charge in [-0.1, -0.05) is 48.3 Å². The smallest absolute Gasteiger partial charge is 0.265 e. The second-order valence-corrected chi connectivity index (χ2v) is 9.31. The van der Waals surface area contributed by atoms with Crippen molar-refractivity contribution in [2.75, 3.05) is 31.1 Å². The van der Waals surface area contributed by atoms with Gasteiger partial charge in [0, 0.05) is 26.2 Å². The van der Waals surface area contributed by atoms with Crippen LogP contribution < -0.4 is 4.90 Å². The summed E-state index contributed by atoms with van der Waals surface area (Å²) in [5, 5.41) is 11.2. The fraction of sp³-hybridized carbons (Fsp3) is 0.261. The molecule has 1 amide bonds. The van der Waals surface area contributed by atoms with E-state index in [1.54, 1.807) is 0 Å². The van der Waals surface area contributed by atoms with E-state index in [-0.39, 0.29) is 11.2 Å². The van der Waals surface area contributed by atoms with Gasteiger partial charge in [0.15, 0.2) is 11.0 Å². The molecule has 0 radical (unpaired) electrons. The van der Waals surface area contributed by atoms with Crippen LogP contribution in [0.1, 0.15) is 16.5 Å². The van der Waals surface area contributed by atoms with E-state index < -0.39 is 10.5 Å². The summed E-state index contributed by atoms with van der Waals surface area (Å²) in [6.07, 6.45) is 0. The molecule has 0 saturated carbocycles. The molecule has 0 N–H and O–H groups in total. The quantitative estimate of drug-likeness (QED) is 0.598. The Hall–Kier alpha value is -3.06. The molecule has 152 valence electrons. The van der Waals surface area contributed by atoms with Gasteiger partial charge >= 0.3 is 0 Å². The summed E-state index contributed by atoms with van der Waals surface area (Å²) in [5.41, 5.74) is 1.94. The highest BCUT2D eigenvalue weighted by atomic mass is 32.2. The van der Waals surface area contributed by atoms with Crippen molar-refractivity contribution >= 4 is 44.0 Å². The molecular weight excluding hydrogens is 394 g/mol. The molecule has 0 bridgehead atoms. The van der Waals surface area contributed by atoms with Crippen molar-refractivity contribution in [2.24, 2.45) is 4.99 Å². The lowest BCUT2D eigenvalue weighted by molar-refractivity contribution is -0.117. The zero-order chi connectivity index (χ0) is 20.7. The molecule has 0 aliphatic carbocycles. The highest BCUT2D eigenvalue weighted by molar-refractivity contribution is 8.28. The van der Waals surface area contributed by atoms with E-state index in [1.807, 2.05) is 43.3 Å². The molecule has 30 heavy (non-hydrogen) atoms. The highest BCUT2D eigenvalue weighted by Crippen LogP contribution is 2.44. The third-order valence-electron chi connectivity index (χ3n) is 5.71. The van der Waals surface area contributed by atoms with Crippen LogP contribution in [0.25, 0.3) is 10.8 Å². The molecule has 2 atom stereocenters. The van der Waals surface area contributed by atoms with Crippen LogP contribution in [0.2, 0.25) is 0 Å². The van der Waals surface area contributed by atoms with E-state index in [2.05, 4.69) is 49.1 Å². The Labute approximate surface area is 178 Å². The van der Waals surface area contributed by atoms with E-state index in [9.17, 15) is 4.79 Å². The molecule has 1 saturated heterocycles. The number of benzene rings is 2. The van der Waals surface area contributed by atoms with Crippen molar-refractivity contribution in [3.05, 3.63) is 65.9 Å². The number of amides is 1. The first-order valence-electron chi connectivity index (χ1n) is 10.0. The number of hydrogen-bond acceptors (Lipinski definition) is 5. The topological polar surface area (TPSA) is 61.7 Å². The van der Waals surface area contributed by atoms with Gasteiger partial charge < -0.3 is 9.80 Å². The standard InChI is InChI=1S/C23H23N5OS/c1-16-10-11-20(26-25-16)27-12-14-28(15-13-27)23-24-22(29)21(30(23)2)19-9-5-7-17-6-3-4-8-18(17)19/h3-11,21H,2,12-15H2,1H3. The first kappa shape index (κ1) is 18.9. The number of aliphatic imine (C=N–C) groups is 1. The minimum atomic E-state index is -0.512. The number of rotatable bonds is 2. The molecule has 2 aromatic carbocycles. The van der Waals surface area contributed by atoms with Crippen LogP contribution in [0.4, 0.5) is 5.82 Å². The second-order valence-electron chi connectivity index (χ2n) is 7.62. The highest BCUT2D eigenvalue weighted by Gasteiger charge is 2.36. The van der Waals surface area contributed by atoms with Crippen molar-refractivity contribution < 1.29 is 4.79 Å². The number of aryl methyl sites for hydroxylation is 1. The molecule has 3 heterocycles. The third-order valence-corrected chi connectivity index (χ3v) is 7.56. The third kappa shape index (κ3) is 3.29. The van der Waals surface area contributed by atoms with Crippen molar-refractivity contribution in [1.82, 2.24) is 15.1 Å². The monoisotopic (exact) mass is 417 g/mol. The Morgan fingerprint density at radius 2 is 1.67 bits per heavy atom. The molecule has 3 aromatic rings. The summed E-state index contributed by atoms with van der Waals surface area (Å²) in [6.45, 7) is 5.17. The minimum absolute atomic E-state index is 0.0773. The molecular formula is C23H23N5OS. The number of carbonyl (C=O) groups excluding carboxylic acids is 1. The van der Waals surface area contributed by atoms with Crippen LogP contribution in [0.5, 0.6) is 0 Å². The molecule has 2 aliphatic rings. The Balaban J connectivity index is 1.35. The lowest BCUT2D eigenvalue weighted by atomic mass is 10.0. The lowest BCUT2D eigenvalue weighted by Crippen LogP contribution is -2.48. The molecule has 1 fully saturated rings. The van der Waals surface area contributed by atoms with E-state index in [1.165, 1.54) is 0 Å². The Bertz CT molecular complexity index is 1160. The molecule has 2 unspecified atom stereocenters. The van der Waals surface area contributed by atoms with E-state index in [0.717, 1.165) is 59.2 Å². The van der Waals surface area contributed by atoms with Gasteiger partial charge in [0.2, 0.25) is 0 Å². The number of nitrogens with zero attached hydrogens (tertiary/aromatic N) is 5. The first-order chi connectivity index (χ1) is 14.6. The SMILES string of the molecule is C=S1C(N2CCN(c3ccc(C)nn3)CC2)=NC(=O)C1c1cccc2ccccc12. The summed E-state index contributed by atoms with van der Waals surface area (Å²) in [7, 11) is -0.512. The first-order valence-corrected chi connectivity index (χ1v) is 11.5. The molecule has 1 aromatic heterocycles. The van der Waals surface area contributed by atoms with Crippen molar-refractivity contribution in [2.45, 2.75) is 12.2 Å². The normalized spacial score (nSPS) is 21.9. The van der Waals surface area contributed by atoms with Crippen molar-refractivity contribution in [3.8, 4) is 0 Å². The number of hydrogen-bond donors (Lipinski definition) is 0. The molecule has 2 aliphatic heterocycles. The van der Waals surface area contributed by atoms with Gasteiger partial charge in [-0.2, -0.15) is 10.1 Å². The van der Waals surface area contributed by atoms with Crippen LogP contribution >= 0.6 is 10.5 Å². The van der Waals surface area contributed by atoms with Crippen molar-refractivity contribution in [1.29, 1.82) is 0 Å². The summed E-state index contributed by atoms with van der Waals surface area (Å²) < 4.78 is 0. The Morgan fingerprint density at radius 1 is 0.933 bits per heavy atom. The zero-order valence-electron chi connectivity index (χ0n) is 16.9. The van der Waals surface area contributed by atoms with E-state index in [4.69, 9.17) is 0 Å². The zero-order valence-corrected chi connectivity index (χ0v) is 17.7. The largest absolute Gasteiger partial charge is 0.352 e. The van der Waals surface area contributed by atoms with Gasteiger partial charge in [0.1, 0.15) is 5.25 Å². The van der Waals surface area contributed by atoms with E-state index >= 15 is 0 Å². The Kier molecular flexibility index (Phi) is 4.83. The fourth-order valence-corrected chi connectivity index (χ4v) is 5.87. The lowest BCUT2D eigenvalue weighted by Gasteiger charge is -2.36. The number of aromatic nitrogens is 2. The maximum atomic E-state index is 12.9. The molecule has 6 nitrogen and oxygen atoms in total. The number of anilines is 1. The van der Waals surface area contributed by atoms with Crippen LogP contribution in [0.3, 0.4) is 0 Å². The number of fused-ring (bicyclic) bond motifs is 1. The van der Waals surface area contributed by atoms with Gasteiger partial charge in [0.05, 0.1) is 5.69 Å². The summed E-state index contributed by atoms with van der Waals surface area (Å²) in [6, 6.07) is 18.3. The number of carbonyl (C=O) groups is 1. The van der Waals surface area contributed by atoms with Gasteiger partial charge in [0.25, 0.3) is 5.91 Å². The molecule has 0 spiro atoms. The fourth-order valence-electron chi connectivity index (χ4n) is 4.13. The van der Waals surface area contributed by atoms with Crippen LogP contribution in [-0.4, -0.2) is 58.2 Å². The summed E-state index contributed by atoms with van der Waals surface area (Å²) >= 11 is 0. The number of amidine groups is 1. The van der Waals surface area contributed by atoms with Gasteiger partial charge in [-0.05, 0) is 35.4 Å². The maximum absolute atomic E-state index is 12.9. The van der Waals surface area contributed by atoms with Gasteiger partial charge in [-0.3, -0.25) is 4.79 Å². The summed E-state index contributed by atoms with van der Waals surface area (Å²) in [4.78, 5) is 21.8. The molecule has 5 rings (SSSR count). The maximum Gasteiger partial charge on any atom is 0.265 e. The van der Waals surface area contributed by atoms with Crippen LogP contribution in [-0.2, 0) is 4.79 Å². The predicted octanol–water partition coefficient (Wildman–Crippen LogP) is 3.40. The van der Waals surface area contributed by atoms with Crippen molar-refractivity contribution in [3.63, 3.8) is 0 Å². The van der Waals surface area contributed by atoms with Crippen LogP contribution in [0.15, 0.2) is 59.6 Å². The average molecular weight is 418 g/mol. The predicted molar refractivity (Wildman–Crippen MR) is 124 cm³/mol. The summed E-state index contributed by atoms with van der Waals surface area (Å²) in [5.74, 6) is 5.21.